The molecule has 0 saturated carbocycles. The number of halogens is 3. The van der Waals surface area contributed by atoms with E-state index in [1.807, 2.05) is 42.3 Å². The van der Waals surface area contributed by atoms with Gasteiger partial charge >= 0.3 is 6.18 Å². The minimum Gasteiger partial charge on any atom is -0.354 e. The van der Waals surface area contributed by atoms with Crippen LogP contribution in [0.25, 0.3) is 0 Å². The topological polar surface area (TPSA) is 58.1 Å². The Labute approximate surface area is 159 Å². The van der Waals surface area contributed by atoms with Crippen LogP contribution in [0.2, 0.25) is 0 Å². The molecule has 0 aliphatic heterocycles. The van der Waals surface area contributed by atoms with Crippen LogP contribution >= 0.6 is 0 Å². The number of anilines is 2. The summed E-state index contributed by atoms with van der Waals surface area (Å²) < 4.78 is 39.1. The number of nitrogens with zero attached hydrogens (tertiary/aromatic N) is 3. The number of hydrogen-bond donors (Lipinski definition) is 1. The third kappa shape index (κ3) is 4.64. The van der Waals surface area contributed by atoms with Gasteiger partial charge in [0.25, 0.3) is 5.91 Å². The molecule has 0 aliphatic carbocycles. The second-order valence-electron chi connectivity index (χ2n) is 6.12. The summed E-state index contributed by atoms with van der Waals surface area (Å²) in [5.74, 6) is -0.224. The first kappa shape index (κ1) is 19.3. The summed E-state index contributed by atoms with van der Waals surface area (Å²) in [7, 11) is 1.83. The van der Waals surface area contributed by atoms with Crippen LogP contribution in [0.15, 0.2) is 66.7 Å². The monoisotopic (exact) mass is 386 g/mol. The van der Waals surface area contributed by atoms with Gasteiger partial charge in [-0.05, 0) is 29.8 Å². The Bertz CT molecular complexity index is 944. The van der Waals surface area contributed by atoms with Crippen LogP contribution in [0, 0.1) is 0 Å². The van der Waals surface area contributed by atoms with Crippen molar-refractivity contribution in [3.8, 4) is 0 Å². The number of hydrogen-bond acceptors (Lipinski definition) is 4. The van der Waals surface area contributed by atoms with E-state index in [9.17, 15) is 18.0 Å². The Hall–Kier alpha value is -3.42. The molecule has 0 atom stereocenters. The van der Waals surface area contributed by atoms with Gasteiger partial charge in [0.1, 0.15) is 0 Å². The van der Waals surface area contributed by atoms with Crippen LogP contribution in [-0.2, 0) is 12.7 Å². The average Bonchev–Trinajstić information content (AvgIpc) is 2.68. The van der Waals surface area contributed by atoms with Gasteiger partial charge in [0.15, 0.2) is 11.5 Å². The van der Waals surface area contributed by atoms with E-state index in [2.05, 4.69) is 15.5 Å². The van der Waals surface area contributed by atoms with Crippen LogP contribution in [0.4, 0.5) is 24.7 Å². The Morgan fingerprint density at radius 2 is 1.64 bits per heavy atom. The molecule has 3 aromatic rings. The fourth-order valence-electron chi connectivity index (χ4n) is 2.61. The second kappa shape index (κ2) is 8.08. The van der Waals surface area contributed by atoms with Gasteiger partial charge in [-0.25, -0.2) is 0 Å². The Kier molecular flexibility index (Phi) is 5.58. The molecule has 0 saturated heterocycles. The summed E-state index contributed by atoms with van der Waals surface area (Å²) in [5, 5.41) is 10.1. The van der Waals surface area contributed by atoms with Crippen LogP contribution in [0.3, 0.4) is 0 Å². The van der Waals surface area contributed by atoms with Crippen molar-refractivity contribution in [2.45, 2.75) is 12.7 Å². The molecular formula is C20H17F3N4O. The van der Waals surface area contributed by atoms with Crippen LogP contribution in [0.5, 0.6) is 0 Å². The van der Waals surface area contributed by atoms with Crippen molar-refractivity contribution in [1.82, 2.24) is 10.2 Å². The fourth-order valence-corrected chi connectivity index (χ4v) is 2.61. The Balaban J connectivity index is 1.71. The van der Waals surface area contributed by atoms with Gasteiger partial charge in [-0.1, -0.05) is 42.5 Å². The third-order valence-electron chi connectivity index (χ3n) is 4.02. The number of benzene rings is 2. The van der Waals surface area contributed by atoms with Crippen molar-refractivity contribution in [3.05, 3.63) is 83.6 Å². The van der Waals surface area contributed by atoms with Crippen molar-refractivity contribution in [3.63, 3.8) is 0 Å². The van der Waals surface area contributed by atoms with Crippen LogP contribution < -0.4 is 10.2 Å². The summed E-state index contributed by atoms with van der Waals surface area (Å²) in [6.07, 6.45) is -4.57. The molecule has 0 radical (unpaired) electrons. The van der Waals surface area contributed by atoms with E-state index in [-0.39, 0.29) is 11.4 Å². The van der Waals surface area contributed by atoms with E-state index in [1.165, 1.54) is 24.3 Å². The van der Waals surface area contributed by atoms with Crippen molar-refractivity contribution in [2.24, 2.45) is 0 Å². The predicted molar refractivity (Wildman–Crippen MR) is 100.0 cm³/mol. The molecule has 28 heavy (non-hydrogen) atoms. The molecule has 0 spiro atoms. The van der Waals surface area contributed by atoms with E-state index in [1.54, 1.807) is 6.07 Å². The molecule has 1 aromatic heterocycles. The van der Waals surface area contributed by atoms with Gasteiger partial charge in [0.2, 0.25) is 0 Å². The molecule has 1 heterocycles. The van der Waals surface area contributed by atoms with Crippen molar-refractivity contribution in [2.75, 3.05) is 17.3 Å². The van der Waals surface area contributed by atoms with Crippen molar-refractivity contribution >= 4 is 17.4 Å². The lowest BCUT2D eigenvalue weighted by molar-refractivity contribution is -0.136. The summed E-state index contributed by atoms with van der Waals surface area (Å²) in [5.41, 5.74) is -0.242. The maximum atomic E-state index is 13.0. The molecule has 2 aromatic carbocycles. The second-order valence-corrected chi connectivity index (χ2v) is 6.12. The normalized spacial score (nSPS) is 11.1. The van der Waals surface area contributed by atoms with Gasteiger partial charge in [-0.15, -0.1) is 10.2 Å². The quantitative estimate of drug-likeness (QED) is 0.707. The standard InChI is InChI=1S/C20H17F3N4O/c1-27(13-14-7-3-2-4-8-14)18-12-11-17(25-26-18)19(28)24-16-10-6-5-9-15(16)20(21,22)23/h2-12H,13H2,1H3,(H,24,28). The zero-order valence-electron chi connectivity index (χ0n) is 14.9. The molecular weight excluding hydrogens is 369 g/mol. The predicted octanol–water partition coefficient (Wildman–Crippen LogP) is 4.38. The van der Waals surface area contributed by atoms with E-state index < -0.39 is 17.6 Å². The number of carbonyl (C=O) groups excluding carboxylic acids is 1. The summed E-state index contributed by atoms with van der Waals surface area (Å²) in [6.45, 7) is 0.597. The highest BCUT2D eigenvalue weighted by Crippen LogP contribution is 2.34. The average molecular weight is 386 g/mol. The van der Waals surface area contributed by atoms with Gasteiger partial charge in [-0.3, -0.25) is 4.79 Å². The molecule has 3 rings (SSSR count). The molecule has 1 amide bonds. The maximum absolute atomic E-state index is 13.0. The summed E-state index contributed by atoms with van der Waals surface area (Å²) in [4.78, 5) is 14.1. The van der Waals surface area contributed by atoms with E-state index in [0.717, 1.165) is 11.6 Å². The zero-order chi connectivity index (χ0) is 20.1. The minimum atomic E-state index is -4.57. The molecule has 0 fully saturated rings. The highest BCUT2D eigenvalue weighted by atomic mass is 19.4. The number of carbonyl (C=O) groups is 1. The maximum Gasteiger partial charge on any atom is 0.418 e. The number of rotatable bonds is 5. The molecule has 0 aliphatic rings. The molecule has 1 N–H and O–H groups in total. The smallest absolute Gasteiger partial charge is 0.354 e. The number of aromatic nitrogens is 2. The molecule has 8 heteroatoms. The zero-order valence-corrected chi connectivity index (χ0v) is 14.9. The summed E-state index contributed by atoms with van der Waals surface area (Å²) >= 11 is 0. The summed E-state index contributed by atoms with van der Waals surface area (Å²) in [6, 6.07) is 17.5. The highest BCUT2D eigenvalue weighted by molar-refractivity contribution is 6.03. The fraction of sp³-hybridized carbons (Fsp3) is 0.150. The number of nitrogens with one attached hydrogen (secondary N) is 1. The first-order valence-electron chi connectivity index (χ1n) is 8.41. The van der Waals surface area contributed by atoms with Crippen LogP contribution in [0.1, 0.15) is 21.6 Å². The first-order chi connectivity index (χ1) is 13.3. The molecule has 0 unspecified atom stereocenters. The number of para-hydroxylation sites is 1. The van der Waals surface area contributed by atoms with E-state index >= 15 is 0 Å². The lowest BCUT2D eigenvalue weighted by Gasteiger charge is -2.17. The molecule has 0 bridgehead atoms. The van der Waals surface area contributed by atoms with Crippen molar-refractivity contribution in [1.29, 1.82) is 0 Å². The van der Waals surface area contributed by atoms with Gasteiger partial charge in [0.05, 0.1) is 11.3 Å². The largest absolute Gasteiger partial charge is 0.418 e. The lowest BCUT2D eigenvalue weighted by Crippen LogP contribution is -2.20. The van der Waals surface area contributed by atoms with Gasteiger partial charge in [-0.2, -0.15) is 13.2 Å². The first-order valence-corrected chi connectivity index (χ1v) is 8.41. The number of amides is 1. The SMILES string of the molecule is CN(Cc1ccccc1)c1ccc(C(=O)Nc2ccccc2C(F)(F)F)nn1. The molecule has 5 nitrogen and oxygen atoms in total. The van der Waals surface area contributed by atoms with E-state index in [0.29, 0.717) is 12.4 Å². The van der Waals surface area contributed by atoms with Crippen LogP contribution in [-0.4, -0.2) is 23.2 Å². The van der Waals surface area contributed by atoms with Gasteiger partial charge < -0.3 is 10.2 Å². The van der Waals surface area contributed by atoms with Gasteiger partial charge in [0, 0.05) is 13.6 Å². The van der Waals surface area contributed by atoms with Crippen molar-refractivity contribution < 1.29 is 18.0 Å². The van der Waals surface area contributed by atoms with E-state index in [4.69, 9.17) is 0 Å². The Morgan fingerprint density at radius 3 is 2.29 bits per heavy atom. The lowest BCUT2D eigenvalue weighted by atomic mass is 10.1. The Morgan fingerprint density at radius 1 is 0.964 bits per heavy atom. The number of alkyl halides is 3. The third-order valence-corrected chi connectivity index (χ3v) is 4.02. The molecule has 144 valence electrons. The highest BCUT2D eigenvalue weighted by Gasteiger charge is 2.33. The minimum absolute atomic E-state index is 0.0751.